The first-order valence-electron chi connectivity index (χ1n) is 14.2. The van der Waals surface area contributed by atoms with E-state index in [0.29, 0.717) is 50.3 Å². The fourth-order valence-corrected chi connectivity index (χ4v) is 6.39. The highest BCUT2D eigenvalue weighted by molar-refractivity contribution is 6.33. The van der Waals surface area contributed by atoms with Crippen molar-refractivity contribution in [2.75, 3.05) is 32.8 Å². The summed E-state index contributed by atoms with van der Waals surface area (Å²) in [6, 6.07) is 11.5. The van der Waals surface area contributed by atoms with Gasteiger partial charge in [0.25, 0.3) is 11.8 Å². The van der Waals surface area contributed by atoms with Gasteiger partial charge in [-0.3, -0.25) is 14.6 Å². The molecular weight excluding hydrogens is 585 g/mol. The number of hydrogen-bond acceptors (Lipinski definition) is 6. The number of alkyl halides is 3. The molecule has 3 aliphatic rings. The number of pyridine rings is 1. The van der Waals surface area contributed by atoms with Crippen LogP contribution in [0, 0.1) is 5.41 Å². The first kappa shape index (κ1) is 29.3. The van der Waals surface area contributed by atoms with Crippen molar-refractivity contribution in [3.8, 4) is 11.5 Å². The molecule has 2 aromatic carbocycles. The Morgan fingerprint density at radius 3 is 2.47 bits per heavy atom. The zero-order valence-corrected chi connectivity index (χ0v) is 24.0. The number of carbonyl (C=O) groups is 2. The van der Waals surface area contributed by atoms with E-state index in [2.05, 4.69) is 10.3 Å². The standard InChI is InChI=1S/C31H30ClF3N4O4/c32-25-4-2-1-3-21(25)28(40)37-26-7-16-42-27-18-24(31(33,34)35)22(17-23(26)27)29(41)38-13-8-30(19-38)9-14-39(15-10-30)43-20-5-11-36-12-6-20/h1-6,11-12,17-18,26H,7-10,13-16,19H2,(H,37,40)/t26-/m1/s1. The molecule has 3 aromatic rings. The molecule has 8 nitrogen and oxygen atoms in total. The molecule has 43 heavy (non-hydrogen) atoms. The molecule has 1 N–H and O–H groups in total. The number of nitrogens with one attached hydrogen (secondary N) is 1. The highest BCUT2D eigenvalue weighted by Gasteiger charge is 2.45. The van der Waals surface area contributed by atoms with Gasteiger partial charge in [0.2, 0.25) is 0 Å². The Hall–Kier alpha value is -3.83. The van der Waals surface area contributed by atoms with Crippen LogP contribution >= 0.6 is 11.6 Å². The molecule has 226 valence electrons. The van der Waals surface area contributed by atoms with Crippen LogP contribution in [0.25, 0.3) is 0 Å². The molecule has 12 heteroatoms. The molecule has 2 saturated heterocycles. The van der Waals surface area contributed by atoms with Crippen molar-refractivity contribution < 1.29 is 32.3 Å². The van der Waals surface area contributed by atoms with Crippen molar-refractivity contribution in [1.29, 1.82) is 0 Å². The molecule has 2 amide bonds. The summed E-state index contributed by atoms with van der Waals surface area (Å²) < 4.78 is 48.4. The third-order valence-corrected chi connectivity index (χ3v) is 8.87. The van der Waals surface area contributed by atoms with Gasteiger partial charge in [0.1, 0.15) is 5.75 Å². The van der Waals surface area contributed by atoms with Gasteiger partial charge in [-0.2, -0.15) is 13.2 Å². The van der Waals surface area contributed by atoms with Gasteiger partial charge in [-0.05, 0) is 48.9 Å². The molecule has 4 heterocycles. The number of ether oxygens (including phenoxy) is 1. The van der Waals surface area contributed by atoms with Crippen LogP contribution in [0.15, 0.2) is 60.9 Å². The van der Waals surface area contributed by atoms with E-state index in [9.17, 15) is 22.8 Å². The Morgan fingerprint density at radius 2 is 1.74 bits per heavy atom. The van der Waals surface area contributed by atoms with Crippen LogP contribution in [0.3, 0.4) is 0 Å². The van der Waals surface area contributed by atoms with Gasteiger partial charge >= 0.3 is 6.18 Å². The molecule has 1 atom stereocenters. The summed E-state index contributed by atoms with van der Waals surface area (Å²) in [5.41, 5.74) is -1.09. The molecule has 2 fully saturated rings. The van der Waals surface area contributed by atoms with Crippen molar-refractivity contribution in [2.24, 2.45) is 5.41 Å². The second-order valence-electron chi connectivity index (χ2n) is 11.3. The van der Waals surface area contributed by atoms with Crippen LogP contribution in [-0.2, 0) is 6.18 Å². The summed E-state index contributed by atoms with van der Waals surface area (Å²) in [6.45, 7) is 2.12. The number of benzene rings is 2. The highest BCUT2D eigenvalue weighted by Crippen LogP contribution is 2.44. The first-order chi connectivity index (χ1) is 20.6. The Balaban J connectivity index is 1.21. The zero-order valence-electron chi connectivity index (χ0n) is 23.2. The van der Waals surface area contributed by atoms with Crippen LogP contribution in [-0.4, -0.2) is 59.5 Å². The quantitative estimate of drug-likeness (QED) is 0.384. The van der Waals surface area contributed by atoms with E-state index in [-0.39, 0.29) is 28.4 Å². The zero-order chi connectivity index (χ0) is 30.2. The summed E-state index contributed by atoms with van der Waals surface area (Å²) in [4.78, 5) is 38.2. The number of hydrogen-bond donors (Lipinski definition) is 1. The third-order valence-electron chi connectivity index (χ3n) is 8.54. The van der Waals surface area contributed by atoms with Crippen LogP contribution < -0.4 is 14.9 Å². The molecule has 0 unspecified atom stereocenters. The Labute approximate surface area is 251 Å². The van der Waals surface area contributed by atoms with Crippen LogP contribution in [0.5, 0.6) is 11.5 Å². The van der Waals surface area contributed by atoms with Gasteiger partial charge in [0.05, 0.1) is 34.4 Å². The van der Waals surface area contributed by atoms with E-state index in [1.54, 1.807) is 48.8 Å². The van der Waals surface area contributed by atoms with E-state index in [0.717, 1.165) is 18.9 Å². The van der Waals surface area contributed by atoms with Crippen molar-refractivity contribution >= 4 is 23.4 Å². The van der Waals surface area contributed by atoms with Crippen LogP contribution in [0.2, 0.25) is 5.02 Å². The second kappa shape index (κ2) is 11.7. The lowest BCUT2D eigenvalue weighted by atomic mass is 9.78. The SMILES string of the molecule is O=C(N[C@@H]1CCOc2cc(C(F)(F)F)c(C(=O)N3CCC4(CCN(Oc5ccncc5)CC4)C3)cc21)c1ccccc1Cl. The Morgan fingerprint density at radius 1 is 1.02 bits per heavy atom. The monoisotopic (exact) mass is 614 g/mol. The molecule has 0 aliphatic carbocycles. The van der Waals surface area contributed by atoms with Gasteiger partial charge in [0.15, 0.2) is 5.75 Å². The molecular formula is C31H30ClF3N4O4. The average Bonchev–Trinajstić information content (AvgIpc) is 3.41. The minimum absolute atomic E-state index is 0.000884. The van der Waals surface area contributed by atoms with Crippen molar-refractivity contribution in [3.05, 3.63) is 88.2 Å². The first-order valence-corrected chi connectivity index (χ1v) is 14.6. The summed E-state index contributed by atoms with van der Waals surface area (Å²) in [5.74, 6) is -0.452. The van der Waals surface area contributed by atoms with E-state index in [4.69, 9.17) is 21.2 Å². The van der Waals surface area contributed by atoms with Crippen molar-refractivity contribution in [1.82, 2.24) is 20.3 Å². The van der Waals surface area contributed by atoms with E-state index in [1.807, 2.05) is 5.06 Å². The van der Waals surface area contributed by atoms with Gasteiger partial charge in [-0.1, -0.05) is 23.7 Å². The molecule has 3 aliphatic heterocycles. The number of nitrogens with zero attached hydrogens (tertiary/aromatic N) is 3. The summed E-state index contributed by atoms with van der Waals surface area (Å²) >= 11 is 6.18. The number of carbonyl (C=O) groups excluding carboxylic acids is 2. The maximum absolute atomic E-state index is 14.3. The Bertz CT molecular complexity index is 1510. The van der Waals surface area contributed by atoms with Crippen molar-refractivity contribution in [2.45, 2.75) is 37.9 Å². The second-order valence-corrected chi connectivity index (χ2v) is 11.7. The summed E-state index contributed by atoms with van der Waals surface area (Å²) in [6.07, 6.45) is 1.06. The Kier molecular flexibility index (Phi) is 7.95. The maximum Gasteiger partial charge on any atom is 0.417 e. The maximum atomic E-state index is 14.3. The number of amides is 2. The van der Waals surface area contributed by atoms with E-state index >= 15 is 0 Å². The van der Waals surface area contributed by atoms with E-state index in [1.165, 1.54) is 11.0 Å². The predicted molar refractivity (Wildman–Crippen MR) is 152 cm³/mol. The summed E-state index contributed by atoms with van der Waals surface area (Å²) in [7, 11) is 0. The van der Waals surface area contributed by atoms with E-state index < -0.39 is 35.2 Å². The molecule has 0 radical (unpaired) electrons. The molecule has 0 bridgehead atoms. The van der Waals surface area contributed by atoms with Crippen molar-refractivity contribution in [3.63, 3.8) is 0 Å². The fourth-order valence-electron chi connectivity index (χ4n) is 6.17. The van der Waals surface area contributed by atoms with Gasteiger partial charge in [-0.25, -0.2) is 0 Å². The van der Waals surface area contributed by atoms with Gasteiger partial charge in [0, 0.05) is 62.7 Å². The number of aromatic nitrogens is 1. The van der Waals surface area contributed by atoms with Gasteiger partial charge in [-0.15, -0.1) is 5.06 Å². The number of hydroxylamine groups is 2. The average molecular weight is 615 g/mol. The van der Waals surface area contributed by atoms with Gasteiger partial charge < -0.3 is 19.8 Å². The predicted octanol–water partition coefficient (Wildman–Crippen LogP) is 5.93. The van der Waals surface area contributed by atoms with Crippen LogP contribution in [0.4, 0.5) is 13.2 Å². The topological polar surface area (TPSA) is 84.0 Å². The lowest BCUT2D eigenvalue weighted by molar-refractivity contribution is -0.138. The number of fused-ring (bicyclic) bond motifs is 1. The number of likely N-dealkylation sites (tertiary alicyclic amines) is 1. The lowest BCUT2D eigenvalue weighted by Crippen LogP contribution is -2.43. The molecule has 1 spiro atoms. The van der Waals surface area contributed by atoms with Crippen LogP contribution in [0.1, 0.15) is 63.6 Å². The molecule has 0 saturated carbocycles. The molecule has 1 aromatic heterocycles. The number of piperidine rings is 1. The lowest BCUT2D eigenvalue weighted by Gasteiger charge is -2.38. The minimum Gasteiger partial charge on any atom is -0.493 e. The summed E-state index contributed by atoms with van der Waals surface area (Å²) in [5, 5.41) is 4.99. The minimum atomic E-state index is -4.77. The highest BCUT2D eigenvalue weighted by atomic mass is 35.5. The third kappa shape index (κ3) is 6.14. The molecule has 6 rings (SSSR count). The normalized spacial score (nSPS) is 19.9. The fraction of sp³-hybridized carbons (Fsp3) is 0.387. The number of rotatable bonds is 5. The smallest absolute Gasteiger partial charge is 0.417 e. The number of halogens is 4. The largest absolute Gasteiger partial charge is 0.493 e.